The molecule has 2 aromatic carbocycles. The number of anilines is 1. The Labute approximate surface area is 229 Å². The number of thiophene rings is 1. The molecule has 0 unspecified atom stereocenters. The minimum Gasteiger partial charge on any atom is -0.352 e. The average Bonchev–Trinajstić information content (AvgIpc) is 3.54. The van der Waals surface area contributed by atoms with E-state index in [0.29, 0.717) is 17.1 Å². The maximum atomic E-state index is 15.3. The fraction of sp³-hybridized carbons (Fsp3) is 0.276. The number of aryl methyl sites for hydroxylation is 1. The van der Waals surface area contributed by atoms with Gasteiger partial charge in [-0.2, -0.15) is 5.10 Å². The van der Waals surface area contributed by atoms with Crippen molar-refractivity contribution in [3.05, 3.63) is 88.6 Å². The van der Waals surface area contributed by atoms with Gasteiger partial charge in [0.15, 0.2) is 0 Å². The predicted molar refractivity (Wildman–Crippen MR) is 153 cm³/mol. The maximum absolute atomic E-state index is 15.3. The molecule has 0 bridgehead atoms. The monoisotopic (exact) mass is 548 g/mol. The second-order valence-corrected chi connectivity index (χ2v) is 11.4. The third-order valence-electron chi connectivity index (χ3n) is 6.70. The Morgan fingerprint density at radius 2 is 1.92 bits per heavy atom. The third kappa shape index (κ3) is 5.00. The highest BCUT2D eigenvalue weighted by molar-refractivity contribution is 8.00. The van der Waals surface area contributed by atoms with Crippen molar-refractivity contribution >= 4 is 40.7 Å². The van der Waals surface area contributed by atoms with Crippen LogP contribution in [0.2, 0.25) is 0 Å². The Morgan fingerprint density at radius 1 is 1.16 bits per heavy atom. The highest BCUT2D eigenvalue weighted by Gasteiger charge is 2.38. The van der Waals surface area contributed by atoms with Gasteiger partial charge in [0.1, 0.15) is 23.9 Å². The molecule has 9 heteroatoms. The molecular formula is C29H29FN4O2S2. The van der Waals surface area contributed by atoms with E-state index in [2.05, 4.69) is 5.32 Å². The Kier molecular flexibility index (Phi) is 7.67. The van der Waals surface area contributed by atoms with Crippen LogP contribution in [0.25, 0.3) is 16.3 Å². The number of benzene rings is 2. The summed E-state index contributed by atoms with van der Waals surface area (Å²) < 4.78 is 17.0. The van der Waals surface area contributed by atoms with Gasteiger partial charge in [-0.05, 0) is 49.4 Å². The number of rotatable bonds is 7. The van der Waals surface area contributed by atoms with Gasteiger partial charge in [-0.3, -0.25) is 14.5 Å². The molecule has 2 aromatic heterocycles. The number of carbonyl (C=O) groups is 2. The summed E-state index contributed by atoms with van der Waals surface area (Å²) in [6, 6.07) is 18.4. The molecule has 2 amide bonds. The maximum Gasteiger partial charge on any atom is 0.240 e. The second kappa shape index (κ2) is 11.1. The van der Waals surface area contributed by atoms with E-state index in [9.17, 15) is 9.59 Å². The van der Waals surface area contributed by atoms with Gasteiger partial charge in [-0.15, -0.1) is 23.1 Å². The number of hydrogen-bond donors (Lipinski definition) is 1. The molecule has 0 saturated heterocycles. The number of para-hydroxylation sites is 1. The van der Waals surface area contributed by atoms with Gasteiger partial charge in [0.2, 0.25) is 11.8 Å². The van der Waals surface area contributed by atoms with Crippen LogP contribution in [0.1, 0.15) is 42.2 Å². The minimum atomic E-state index is -0.493. The molecule has 0 aliphatic carbocycles. The van der Waals surface area contributed by atoms with Gasteiger partial charge in [-0.25, -0.2) is 9.07 Å². The van der Waals surface area contributed by atoms with Gasteiger partial charge < -0.3 is 5.32 Å². The van der Waals surface area contributed by atoms with Crippen LogP contribution in [0.4, 0.5) is 10.2 Å². The van der Waals surface area contributed by atoms with E-state index in [1.807, 2.05) is 62.5 Å². The summed E-state index contributed by atoms with van der Waals surface area (Å²) in [7, 11) is 0. The van der Waals surface area contributed by atoms with E-state index in [-0.39, 0.29) is 36.0 Å². The lowest BCUT2D eigenvalue weighted by atomic mass is 10.0. The topological polar surface area (TPSA) is 67.2 Å². The van der Waals surface area contributed by atoms with E-state index in [1.54, 1.807) is 22.9 Å². The van der Waals surface area contributed by atoms with E-state index in [0.717, 1.165) is 28.1 Å². The normalized spacial score (nSPS) is 16.2. The second-order valence-electron chi connectivity index (χ2n) is 9.33. The molecule has 3 heterocycles. The largest absolute Gasteiger partial charge is 0.352 e. The lowest BCUT2D eigenvalue weighted by Crippen LogP contribution is -2.44. The number of fused-ring (bicyclic) bond motifs is 1. The Balaban J connectivity index is 1.79. The smallest absolute Gasteiger partial charge is 0.240 e. The van der Waals surface area contributed by atoms with Gasteiger partial charge >= 0.3 is 0 Å². The summed E-state index contributed by atoms with van der Waals surface area (Å²) in [5.41, 5.74) is 3.66. The molecule has 196 valence electrons. The molecule has 2 atom stereocenters. The lowest BCUT2D eigenvalue weighted by molar-refractivity contribution is -0.123. The Morgan fingerprint density at radius 3 is 2.63 bits per heavy atom. The van der Waals surface area contributed by atoms with E-state index in [4.69, 9.17) is 5.10 Å². The number of halogens is 1. The zero-order chi connectivity index (χ0) is 26.8. The molecule has 1 aliphatic heterocycles. The van der Waals surface area contributed by atoms with Crippen molar-refractivity contribution in [3.63, 3.8) is 0 Å². The highest BCUT2D eigenvalue weighted by Crippen LogP contribution is 2.49. The van der Waals surface area contributed by atoms with Crippen LogP contribution in [-0.4, -0.2) is 39.9 Å². The van der Waals surface area contributed by atoms with Crippen molar-refractivity contribution in [3.8, 4) is 16.3 Å². The Bertz CT molecular complexity index is 1470. The predicted octanol–water partition coefficient (Wildman–Crippen LogP) is 6.13. The number of carbonyl (C=O) groups excluding carboxylic acids is 2. The molecule has 0 saturated carbocycles. The number of nitrogens with one attached hydrogen (secondary N) is 1. The first-order chi connectivity index (χ1) is 18.4. The quantitative estimate of drug-likeness (QED) is 0.302. The van der Waals surface area contributed by atoms with Gasteiger partial charge in [0.25, 0.3) is 0 Å². The number of aromatic nitrogens is 2. The molecule has 5 rings (SSSR count). The van der Waals surface area contributed by atoms with Crippen LogP contribution in [0.5, 0.6) is 0 Å². The molecule has 6 nitrogen and oxygen atoms in total. The number of amides is 2. The molecule has 4 aromatic rings. The number of thioether (sulfide) groups is 1. The molecule has 0 radical (unpaired) electrons. The fourth-order valence-electron chi connectivity index (χ4n) is 4.58. The molecule has 1 N–H and O–H groups in total. The summed E-state index contributed by atoms with van der Waals surface area (Å²) in [4.78, 5) is 29.2. The van der Waals surface area contributed by atoms with Gasteiger partial charge in [0.05, 0.1) is 21.6 Å². The van der Waals surface area contributed by atoms with E-state index < -0.39 is 5.25 Å². The van der Waals surface area contributed by atoms with E-state index >= 15 is 4.39 Å². The van der Waals surface area contributed by atoms with Crippen molar-refractivity contribution < 1.29 is 14.0 Å². The first kappa shape index (κ1) is 26.2. The van der Waals surface area contributed by atoms with Crippen LogP contribution >= 0.6 is 23.1 Å². The molecule has 38 heavy (non-hydrogen) atoms. The summed E-state index contributed by atoms with van der Waals surface area (Å²) >= 11 is 2.90. The molecule has 1 aliphatic rings. The van der Waals surface area contributed by atoms with Crippen molar-refractivity contribution in [2.75, 3.05) is 17.2 Å². The average molecular weight is 549 g/mol. The van der Waals surface area contributed by atoms with Crippen LogP contribution < -0.4 is 10.2 Å². The molecule has 0 fully saturated rings. The summed E-state index contributed by atoms with van der Waals surface area (Å²) in [6.45, 7) is 5.76. The number of hydrogen-bond acceptors (Lipinski definition) is 5. The first-order valence-corrected chi connectivity index (χ1v) is 14.5. The lowest BCUT2D eigenvalue weighted by Gasteiger charge is -2.24. The van der Waals surface area contributed by atoms with Crippen LogP contribution in [0, 0.1) is 12.7 Å². The first-order valence-electron chi connectivity index (χ1n) is 12.6. The van der Waals surface area contributed by atoms with Crippen molar-refractivity contribution in [2.45, 2.75) is 38.5 Å². The van der Waals surface area contributed by atoms with Crippen molar-refractivity contribution in [1.82, 2.24) is 15.1 Å². The van der Waals surface area contributed by atoms with E-state index in [1.165, 1.54) is 34.1 Å². The van der Waals surface area contributed by atoms with Crippen molar-refractivity contribution in [1.29, 1.82) is 0 Å². The molecule has 0 spiro atoms. The third-order valence-corrected chi connectivity index (χ3v) is 8.81. The summed E-state index contributed by atoms with van der Waals surface area (Å²) in [6.07, 6.45) is 0.778. The van der Waals surface area contributed by atoms with Crippen LogP contribution in [0.15, 0.2) is 66.0 Å². The summed E-state index contributed by atoms with van der Waals surface area (Å²) in [5, 5.41) is 9.50. The zero-order valence-corrected chi connectivity index (χ0v) is 23.1. The minimum absolute atomic E-state index is 0.0208. The van der Waals surface area contributed by atoms with Gasteiger partial charge in [-0.1, -0.05) is 49.4 Å². The van der Waals surface area contributed by atoms with Crippen LogP contribution in [0.3, 0.4) is 0 Å². The van der Waals surface area contributed by atoms with Crippen LogP contribution in [-0.2, 0) is 9.59 Å². The standard InChI is InChI=1S/C29H29FN4O2S2/c1-4-19(3)31-24(35)16-33-25(36)17-38-28(20-11-6-7-12-21(20)30)26-27(23-14-9-15-37-23)32-34(29(26)33)22-13-8-5-10-18(22)2/h5-15,19,28H,4,16-17H2,1-3H3,(H,31,35)/t19-,28+/m0/s1. The van der Waals surface area contributed by atoms with Crippen molar-refractivity contribution in [2.24, 2.45) is 0 Å². The number of nitrogens with zero attached hydrogens (tertiary/aromatic N) is 3. The summed E-state index contributed by atoms with van der Waals surface area (Å²) in [5.74, 6) is -0.204. The highest BCUT2D eigenvalue weighted by atomic mass is 32.2. The fourth-order valence-corrected chi connectivity index (χ4v) is 6.53. The SMILES string of the molecule is CC[C@H](C)NC(=O)CN1C(=O)CS[C@H](c2ccccc2F)c2c(-c3cccs3)nn(-c3ccccc3C)c21. The van der Waals surface area contributed by atoms with Gasteiger partial charge in [0, 0.05) is 17.2 Å². The molecular weight excluding hydrogens is 519 g/mol. The zero-order valence-electron chi connectivity index (χ0n) is 21.5. The Hall–Kier alpha value is -3.43.